The summed E-state index contributed by atoms with van der Waals surface area (Å²) in [6, 6.07) is 12.1. The zero-order chi connectivity index (χ0) is 17.3. The standard InChI is InChI=1S/C17H15ClN2O2S2/c1-3-10-20-15-9-6-13(18)11-16(15)23-17(20)19-24(21,22)14-7-4-12(2)5-8-14/h3-9,11H,1,10H2,2H3/b19-17-. The van der Waals surface area contributed by atoms with E-state index in [0.29, 0.717) is 16.4 Å². The quantitative estimate of drug-likeness (QED) is 0.640. The molecule has 0 amide bonds. The Morgan fingerprint density at radius 3 is 2.62 bits per heavy atom. The lowest BCUT2D eigenvalue weighted by atomic mass is 10.2. The van der Waals surface area contributed by atoms with E-state index in [1.807, 2.05) is 17.6 Å². The molecule has 0 fully saturated rings. The van der Waals surface area contributed by atoms with Crippen LogP contribution in [0.3, 0.4) is 0 Å². The summed E-state index contributed by atoms with van der Waals surface area (Å²) in [6.45, 7) is 6.10. The van der Waals surface area contributed by atoms with Gasteiger partial charge >= 0.3 is 0 Å². The van der Waals surface area contributed by atoms with E-state index in [-0.39, 0.29) is 4.90 Å². The van der Waals surface area contributed by atoms with Crippen molar-refractivity contribution in [1.82, 2.24) is 4.57 Å². The van der Waals surface area contributed by atoms with Gasteiger partial charge in [-0.05, 0) is 37.3 Å². The SMILES string of the molecule is C=CCn1/c(=N/S(=O)(=O)c2ccc(C)cc2)sc2cc(Cl)ccc21. The highest BCUT2D eigenvalue weighted by molar-refractivity contribution is 7.90. The highest BCUT2D eigenvalue weighted by Crippen LogP contribution is 2.22. The van der Waals surface area contributed by atoms with Gasteiger partial charge in [0.05, 0.1) is 15.1 Å². The van der Waals surface area contributed by atoms with Crippen LogP contribution >= 0.6 is 22.9 Å². The Balaban J connectivity index is 2.23. The fourth-order valence-electron chi connectivity index (χ4n) is 2.29. The highest BCUT2D eigenvalue weighted by Gasteiger charge is 2.14. The molecule has 124 valence electrons. The number of thiazole rings is 1. The first kappa shape index (κ1) is 17.0. The van der Waals surface area contributed by atoms with Crippen LogP contribution < -0.4 is 4.80 Å². The summed E-state index contributed by atoms with van der Waals surface area (Å²) in [5.74, 6) is 0. The summed E-state index contributed by atoms with van der Waals surface area (Å²) < 4.78 is 31.9. The number of halogens is 1. The zero-order valence-corrected chi connectivity index (χ0v) is 15.3. The maximum atomic E-state index is 12.6. The Hall–Kier alpha value is -1.89. The van der Waals surface area contributed by atoms with Crippen molar-refractivity contribution in [3.8, 4) is 0 Å². The first-order valence-electron chi connectivity index (χ1n) is 7.18. The number of aryl methyl sites for hydroxylation is 1. The zero-order valence-electron chi connectivity index (χ0n) is 12.9. The fourth-order valence-corrected chi connectivity index (χ4v) is 4.81. The molecule has 0 radical (unpaired) electrons. The van der Waals surface area contributed by atoms with Gasteiger partial charge in [0.2, 0.25) is 4.80 Å². The van der Waals surface area contributed by atoms with E-state index < -0.39 is 10.0 Å². The van der Waals surface area contributed by atoms with Crippen molar-refractivity contribution in [2.24, 2.45) is 4.40 Å². The van der Waals surface area contributed by atoms with E-state index in [9.17, 15) is 8.42 Å². The van der Waals surface area contributed by atoms with E-state index in [1.165, 1.54) is 11.3 Å². The number of fused-ring (bicyclic) bond motifs is 1. The van der Waals surface area contributed by atoms with Gasteiger partial charge in [-0.15, -0.1) is 11.0 Å². The van der Waals surface area contributed by atoms with Gasteiger partial charge in [0.25, 0.3) is 10.0 Å². The number of aromatic nitrogens is 1. The molecular formula is C17H15ClN2O2S2. The molecule has 1 aromatic heterocycles. The fraction of sp³-hybridized carbons (Fsp3) is 0.118. The molecule has 0 aliphatic rings. The Bertz CT molecular complexity index is 1080. The summed E-state index contributed by atoms with van der Waals surface area (Å²) in [5.41, 5.74) is 1.87. The Morgan fingerprint density at radius 2 is 1.96 bits per heavy atom. The number of hydrogen-bond acceptors (Lipinski definition) is 3. The van der Waals surface area contributed by atoms with Gasteiger partial charge < -0.3 is 4.57 Å². The molecule has 2 aromatic carbocycles. The Kier molecular flexibility index (Phi) is 4.62. The van der Waals surface area contributed by atoms with Crippen molar-refractivity contribution >= 4 is 43.2 Å². The maximum Gasteiger partial charge on any atom is 0.285 e. The summed E-state index contributed by atoms with van der Waals surface area (Å²) in [7, 11) is -3.78. The molecule has 7 heteroatoms. The molecule has 3 aromatic rings. The number of rotatable bonds is 4. The van der Waals surface area contributed by atoms with Crippen LogP contribution in [-0.2, 0) is 16.6 Å². The van der Waals surface area contributed by atoms with Gasteiger partial charge in [0.1, 0.15) is 0 Å². The third-order valence-electron chi connectivity index (χ3n) is 3.47. The molecule has 0 bridgehead atoms. The lowest BCUT2D eigenvalue weighted by molar-refractivity contribution is 0.596. The number of nitrogens with zero attached hydrogens (tertiary/aromatic N) is 2. The second-order valence-electron chi connectivity index (χ2n) is 5.28. The maximum absolute atomic E-state index is 12.6. The molecule has 0 saturated carbocycles. The average Bonchev–Trinajstić information content (AvgIpc) is 2.84. The molecular weight excluding hydrogens is 364 g/mol. The summed E-state index contributed by atoms with van der Waals surface area (Å²) in [6.07, 6.45) is 1.71. The third-order valence-corrected chi connectivity index (χ3v) is 6.15. The largest absolute Gasteiger partial charge is 0.312 e. The van der Waals surface area contributed by atoms with Gasteiger partial charge in [0, 0.05) is 11.6 Å². The molecule has 3 rings (SSSR count). The number of allylic oxidation sites excluding steroid dienone is 1. The molecule has 0 aliphatic heterocycles. The highest BCUT2D eigenvalue weighted by atomic mass is 35.5. The number of hydrogen-bond donors (Lipinski definition) is 0. The molecule has 1 heterocycles. The van der Waals surface area contributed by atoms with Crippen LogP contribution in [0.25, 0.3) is 10.2 Å². The first-order valence-corrected chi connectivity index (χ1v) is 9.81. The van der Waals surface area contributed by atoms with Crippen molar-refractivity contribution in [2.45, 2.75) is 18.4 Å². The smallest absolute Gasteiger partial charge is 0.285 e. The monoisotopic (exact) mass is 378 g/mol. The van der Waals surface area contributed by atoms with Crippen molar-refractivity contribution in [2.75, 3.05) is 0 Å². The summed E-state index contributed by atoms with van der Waals surface area (Å²) >= 11 is 7.32. The van der Waals surface area contributed by atoms with Crippen LogP contribution in [-0.4, -0.2) is 13.0 Å². The summed E-state index contributed by atoms with van der Waals surface area (Å²) in [4.78, 5) is 0.571. The third kappa shape index (κ3) is 3.31. The van der Waals surface area contributed by atoms with E-state index in [4.69, 9.17) is 11.6 Å². The van der Waals surface area contributed by atoms with Gasteiger partial charge in [-0.3, -0.25) is 0 Å². The average molecular weight is 379 g/mol. The topological polar surface area (TPSA) is 51.4 Å². The lowest BCUT2D eigenvalue weighted by Crippen LogP contribution is -2.16. The second-order valence-corrected chi connectivity index (χ2v) is 8.33. The van der Waals surface area contributed by atoms with Gasteiger partial charge in [0.15, 0.2) is 0 Å². The van der Waals surface area contributed by atoms with E-state index in [0.717, 1.165) is 15.8 Å². The van der Waals surface area contributed by atoms with Gasteiger partial charge in [-0.2, -0.15) is 8.42 Å². The van der Waals surface area contributed by atoms with Gasteiger partial charge in [-0.1, -0.05) is 46.7 Å². The van der Waals surface area contributed by atoms with Crippen molar-refractivity contribution in [3.63, 3.8) is 0 Å². The number of sulfonamides is 1. The number of benzene rings is 2. The van der Waals surface area contributed by atoms with Crippen LogP contribution in [0.15, 0.2) is 64.4 Å². The van der Waals surface area contributed by atoms with Crippen LogP contribution in [0.1, 0.15) is 5.56 Å². The minimum atomic E-state index is -3.78. The van der Waals surface area contributed by atoms with E-state index >= 15 is 0 Å². The molecule has 0 aliphatic carbocycles. The molecule has 4 nitrogen and oxygen atoms in total. The van der Waals surface area contributed by atoms with Gasteiger partial charge in [-0.25, -0.2) is 0 Å². The molecule has 0 N–H and O–H groups in total. The van der Waals surface area contributed by atoms with E-state index in [1.54, 1.807) is 42.5 Å². The molecule has 0 spiro atoms. The van der Waals surface area contributed by atoms with Crippen LogP contribution in [0.2, 0.25) is 5.02 Å². The van der Waals surface area contributed by atoms with Crippen molar-refractivity contribution < 1.29 is 8.42 Å². The lowest BCUT2D eigenvalue weighted by Gasteiger charge is -2.02. The predicted molar refractivity (Wildman–Crippen MR) is 98.9 cm³/mol. The molecule has 0 atom stereocenters. The normalized spacial score (nSPS) is 12.7. The Morgan fingerprint density at radius 1 is 1.25 bits per heavy atom. The van der Waals surface area contributed by atoms with E-state index in [2.05, 4.69) is 11.0 Å². The van der Waals surface area contributed by atoms with Crippen molar-refractivity contribution in [1.29, 1.82) is 0 Å². The first-order chi connectivity index (χ1) is 11.4. The van der Waals surface area contributed by atoms with Crippen LogP contribution in [0.5, 0.6) is 0 Å². The minimum absolute atomic E-state index is 0.175. The summed E-state index contributed by atoms with van der Waals surface area (Å²) in [5, 5.41) is 0.599. The minimum Gasteiger partial charge on any atom is -0.312 e. The molecule has 0 saturated heterocycles. The van der Waals surface area contributed by atoms with Crippen LogP contribution in [0, 0.1) is 6.92 Å². The Labute approximate surface area is 149 Å². The molecule has 24 heavy (non-hydrogen) atoms. The van der Waals surface area contributed by atoms with Crippen LogP contribution in [0.4, 0.5) is 0 Å². The van der Waals surface area contributed by atoms with Crippen molar-refractivity contribution in [3.05, 3.63) is 70.5 Å². The second kappa shape index (κ2) is 6.55. The molecule has 0 unspecified atom stereocenters. The predicted octanol–water partition coefficient (Wildman–Crippen LogP) is 4.14.